The van der Waals surface area contributed by atoms with Crippen molar-refractivity contribution < 1.29 is 4.84 Å². The molecule has 0 N–H and O–H groups in total. The Kier molecular flexibility index (Phi) is 5.46. The van der Waals surface area contributed by atoms with Crippen molar-refractivity contribution in [2.45, 2.75) is 19.4 Å². The molecule has 0 atom stereocenters. The third kappa shape index (κ3) is 5.16. The fraction of sp³-hybridized carbons (Fsp3) is 0.417. The average molecular weight is 204 g/mol. The van der Waals surface area contributed by atoms with E-state index in [9.17, 15) is 0 Å². The van der Waals surface area contributed by atoms with Crippen LogP contribution in [0, 0.1) is 11.3 Å². The minimum atomic E-state index is 0.582. The molecular formula is C12H16N2O. The minimum Gasteiger partial charge on any atom is -0.295 e. The summed E-state index contributed by atoms with van der Waals surface area (Å²) < 4.78 is 0. The topological polar surface area (TPSA) is 36.3 Å². The largest absolute Gasteiger partial charge is 0.295 e. The van der Waals surface area contributed by atoms with E-state index in [0.717, 1.165) is 18.5 Å². The van der Waals surface area contributed by atoms with Gasteiger partial charge in [0.05, 0.1) is 12.7 Å². The molecule has 1 aromatic rings. The lowest BCUT2D eigenvalue weighted by atomic mass is 10.2. The van der Waals surface area contributed by atoms with Crippen molar-refractivity contribution in [3.63, 3.8) is 0 Å². The maximum absolute atomic E-state index is 8.38. The second-order valence-electron chi connectivity index (χ2n) is 3.37. The molecule has 0 amide bonds. The van der Waals surface area contributed by atoms with Crippen molar-refractivity contribution in [3.8, 4) is 6.07 Å². The summed E-state index contributed by atoms with van der Waals surface area (Å²) in [6, 6.07) is 12.2. The van der Waals surface area contributed by atoms with Crippen LogP contribution in [0.2, 0.25) is 0 Å². The normalized spacial score (nSPS) is 10.2. The van der Waals surface area contributed by atoms with E-state index >= 15 is 0 Å². The molecule has 0 aliphatic heterocycles. The van der Waals surface area contributed by atoms with Crippen LogP contribution >= 0.6 is 0 Å². The zero-order valence-corrected chi connectivity index (χ0v) is 9.02. The molecule has 15 heavy (non-hydrogen) atoms. The van der Waals surface area contributed by atoms with Gasteiger partial charge in [-0.15, -0.1) is 0 Å². The number of hydrogen-bond donors (Lipinski definition) is 0. The first-order chi connectivity index (χ1) is 7.33. The Balaban J connectivity index is 2.17. The molecule has 0 fully saturated rings. The summed E-state index contributed by atoms with van der Waals surface area (Å²) in [7, 11) is 1.89. The minimum absolute atomic E-state index is 0.582. The predicted molar refractivity (Wildman–Crippen MR) is 58.7 cm³/mol. The molecule has 0 spiro atoms. The lowest BCUT2D eigenvalue weighted by Crippen LogP contribution is -2.19. The highest BCUT2D eigenvalue weighted by Crippen LogP contribution is 2.02. The summed E-state index contributed by atoms with van der Waals surface area (Å²) in [5, 5.41) is 10.2. The number of hydrogen-bond acceptors (Lipinski definition) is 3. The van der Waals surface area contributed by atoms with Crippen LogP contribution in [0.5, 0.6) is 0 Å². The van der Waals surface area contributed by atoms with Crippen LogP contribution in [-0.2, 0) is 11.4 Å². The first-order valence-corrected chi connectivity index (χ1v) is 5.08. The van der Waals surface area contributed by atoms with E-state index in [1.807, 2.05) is 37.4 Å². The van der Waals surface area contributed by atoms with E-state index in [1.165, 1.54) is 0 Å². The molecule has 0 bridgehead atoms. The van der Waals surface area contributed by atoms with Crippen molar-refractivity contribution in [2.24, 2.45) is 0 Å². The molecule has 0 unspecified atom stereocenters. The van der Waals surface area contributed by atoms with Crippen LogP contribution in [0.4, 0.5) is 0 Å². The summed E-state index contributed by atoms with van der Waals surface area (Å²) in [4.78, 5) is 5.50. The van der Waals surface area contributed by atoms with Crippen LogP contribution < -0.4 is 0 Å². The van der Waals surface area contributed by atoms with Gasteiger partial charge >= 0.3 is 0 Å². The zero-order chi connectivity index (χ0) is 10.9. The summed E-state index contributed by atoms with van der Waals surface area (Å²) >= 11 is 0. The van der Waals surface area contributed by atoms with Crippen LogP contribution in [-0.4, -0.2) is 18.7 Å². The Labute approximate surface area is 90.8 Å². The predicted octanol–water partition coefficient (Wildman–Crippen LogP) is 2.35. The average Bonchev–Trinajstić information content (AvgIpc) is 2.28. The van der Waals surface area contributed by atoms with Crippen LogP contribution in [0.1, 0.15) is 18.4 Å². The van der Waals surface area contributed by atoms with Gasteiger partial charge in [0, 0.05) is 20.0 Å². The van der Waals surface area contributed by atoms with E-state index in [2.05, 4.69) is 6.07 Å². The molecule has 1 aromatic carbocycles. The lowest BCUT2D eigenvalue weighted by molar-refractivity contribution is -0.150. The fourth-order valence-electron chi connectivity index (χ4n) is 1.20. The molecule has 1 rings (SSSR count). The van der Waals surface area contributed by atoms with Gasteiger partial charge < -0.3 is 0 Å². The highest BCUT2D eigenvalue weighted by molar-refractivity contribution is 5.13. The number of nitriles is 1. The SMILES string of the molecule is CN(CCCC#N)OCc1ccccc1. The van der Waals surface area contributed by atoms with E-state index < -0.39 is 0 Å². The molecule has 3 nitrogen and oxygen atoms in total. The molecule has 80 valence electrons. The van der Waals surface area contributed by atoms with E-state index in [0.29, 0.717) is 13.0 Å². The standard InChI is InChI=1S/C12H16N2O/c1-14(10-6-5-9-13)15-11-12-7-3-2-4-8-12/h2-4,7-8H,5-6,10-11H2,1H3. The highest BCUT2D eigenvalue weighted by atomic mass is 16.7. The van der Waals surface area contributed by atoms with E-state index in [-0.39, 0.29) is 0 Å². The van der Waals surface area contributed by atoms with Gasteiger partial charge in [0.15, 0.2) is 0 Å². The molecule has 0 aromatic heterocycles. The Morgan fingerprint density at radius 1 is 1.33 bits per heavy atom. The van der Waals surface area contributed by atoms with Crippen molar-refractivity contribution >= 4 is 0 Å². The quantitative estimate of drug-likeness (QED) is 0.527. The second-order valence-corrected chi connectivity index (χ2v) is 3.37. The molecule has 0 saturated carbocycles. The van der Waals surface area contributed by atoms with Crippen molar-refractivity contribution in [3.05, 3.63) is 35.9 Å². The third-order valence-electron chi connectivity index (χ3n) is 2.06. The van der Waals surface area contributed by atoms with E-state index in [4.69, 9.17) is 10.1 Å². The Bertz CT molecular complexity index is 305. The number of nitrogens with zero attached hydrogens (tertiary/aromatic N) is 2. The summed E-state index contributed by atoms with van der Waals surface area (Å²) in [5.74, 6) is 0. The molecule has 0 radical (unpaired) electrons. The Hall–Kier alpha value is -1.37. The first kappa shape index (κ1) is 11.7. The van der Waals surface area contributed by atoms with E-state index in [1.54, 1.807) is 5.06 Å². The third-order valence-corrected chi connectivity index (χ3v) is 2.06. The van der Waals surface area contributed by atoms with Gasteiger partial charge in [-0.05, 0) is 12.0 Å². The van der Waals surface area contributed by atoms with Crippen molar-refractivity contribution in [1.82, 2.24) is 5.06 Å². The van der Waals surface area contributed by atoms with Gasteiger partial charge in [0.2, 0.25) is 0 Å². The zero-order valence-electron chi connectivity index (χ0n) is 9.02. The maximum Gasteiger partial charge on any atom is 0.0935 e. The van der Waals surface area contributed by atoms with Crippen LogP contribution in [0.3, 0.4) is 0 Å². The van der Waals surface area contributed by atoms with Crippen molar-refractivity contribution in [1.29, 1.82) is 5.26 Å². The second kappa shape index (κ2) is 6.99. The summed E-state index contributed by atoms with van der Waals surface area (Å²) in [5.41, 5.74) is 1.16. The summed E-state index contributed by atoms with van der Waals surface area (Å²) in [6.45, 7) is 1.38. The monoisotopic (exact) mass is 204 g/mol. The molecule has 0 aliphatic rings. The fourth-order valence-corrected chi connectivity index (χ4v) is 1.20. The number of benzene rings is 1. The van der Waals surface area contributed by atoms with Gasteiger partial charge in [-0.1, -0.05) is 30.3 Å². The first-order valence-electron chi connectivity index (χ1n) is 5.08. The summed E-state index contributed by atoms with van der Waals surface area (Å²) in [6.07, 6.45) is 1.43. The molecule has 0 saturated heterocycles. The van der Waals surface area contributed by atoms with Crippen LogP contribution in [0.15, 0.2) is 30.3 Å². The lowest BCUT2D eigenvalue weighted by Gasteiger charge is -2.15. The Morgan fingerprint density at radius 3 is 2.73 bits per heavy atom. The molecule has 3 heteroatoms. The van der Waals surface area contributed by atoms with Gasteiger partial charge in [0.25, 0.3) is 0 Å². The van der Waals surface area contributed by atoms with Gasteiger partial charge in [0.1, 0.15) is 0 Å². The maximum atomic E-state index is 8.38. The number of hydroxylamine groups is 2. The number of rotatable bonds is 6. The smallest absolute Gasteiger partial charge is 0.0935 e. The van der Waals surface area contributed by atoms with Crippen molar-refractivity contribution in [2.75, 3.05) is 13.6 Å². The van der Waals surface area contributed by atoms with Crippen LogP contribution in [0.25, 0.3) is 0 Å². The van der Waals surface area contributed by atoms with Gasteiger partial charge in [-0.2, -0.15) is 10.3 Å². The number of unbranched alkanes of at least 4 members (excludes halogenated alkanes) is 1. The van der Waals surface area contributed by atoms with Gasteiger partial charge in [-0.3, -0.25) is 4.84 Å². The highest BCUT2D eigenvalue weighted by Gasteiger charge is 1.98. The molecular weight excluding hydrogens is 188 g/mol. The molecule has 0 aliphatic carbocycles. The van der Waals surface area contributed by atoms with Gasteiger partial charge in [-0.25, -0.2) is 0 Å². The Morgan fingerprint density at radius 2 is 2.07 bits per heavy atom. The molecule has 0 heterocycles.